The molecule has 0 radical (unpaired) electrons. The van der Waals surface area contributed by atoms with Gasteiger partial charge >= 0.3 is 0 Å². The highest BCUT2D eigenvalue weighted by atomic mass is 16.5. The van der Waals surface area contributed by atoms with Crippen LogP contribution in [0.5, 0.6) is 5.75 Å². The predicted molar refractivity (Wildman–Crippen MR) is 52.1 cm³/mol. The minimum atomic E-state index is 0.509. The van der Waals surface area contributed by atoms with E-state index in [-0.39, 0.29) is 0 Å². The predicted octanol–water partition coefficient (Wildman–Crippen LogP) is 2.89. The molecule has 0 amide bonds. The van der Waals surface area contributed by atoms with Crippen LogP contribution in [0.15, 0.2) is 24.3 Å². The first-order valence-corrected chi connectivity index (χ1v) is 5.13. The van der Waals surface area contributed by atoms with Gasteiger partial charge in [-0.3, -0.25) is 0 Å². The van der Waals surface area contributed by atoms with Crippen molar-refractivity contribution < 1.29 is 4.74 Å². The zero-order valence-corrected chi connectivity index (χ0v) is 7.75. The summed E-state index contributed by atoms with van der Waals surface area (Å²) in [6.07, 6.45) is 5.36. The van der Waals surface area contributed by atoms with Crippen LogP contribution in [-0.4, -0.2) is 6.61 Å². The fourth-order valence-electron chi connectivity index (χ4n) is 2.64. The molecule has 1 aliphatic heterocycles. The average molecular weight is 174 g/mol. The number of hydrogen-bond acceptors (Lipinski definition) is 1. The lowest BCUT2D eigenvalue weighted by Crippen LogP contribution is -2.38. The Labute approximate surface area is 78.7 Å². The first-order valence-electron chi connectivity index (χ1n) is 5.13. The Balaban J connectivity index is 2.11. The number of para-hydroxylation sites is 1. The van der Waals surface area contributed by atoms with Gasteiger partial charge in [0.1, 0.15) is 5.75 Å². The van der Waals surface area contributed by atoms with E-state index < -0.39 is 0 Å². The normalized spacial score (nSPS) is 23.1. The molecular weight excluding hydrogens is 160 g/mol. The molecule has 1 aliphatic carbocycles. The summed E-state index contributed by atoms with van der Waals surface area (Å²) in [7, 11) is 0. The highest BCUT2D eigenvalue weighted by Gasteiger charge is 2.42. The Bertz CT molecular complexity index is 326. The van der Waals surface area contributed by atoms with Crippen molar-refractivity contribution in [3.8, 4) is 5.75 Å². The molecule has 13 heavy (non-hydrogen) atoms. The van der Waals surface area contributed by atoms with Crippen LogP contribution in [0.1, 0.15) is 31.2 Å². The van der Waals surface area contributed by atoms with Gasteiger partial charge in [0, 0.05) is 11.0 Å². The zero-order chi connectivity index (χ0) is 8.73. The molecule has 1 spiro atoms. The third kappa shape index (κ3) is 0.932. The van der Waals surface area contributed by atoms with Crippen molar-refractivity contribution in [1.82, 2.24) is 0 Å². The van der Waals surface area contributed by atoms with Crippen LogP contribution in [0.4, 0.5) is 0 Å². The lowest BCUT2D eigenvalue weighted by Gasteiger charge is -2.45. The van der Waals surface area contributed by atoms with Gasteiger partial charge in [-0.25, -0.2) is 0 Å². The lowest BCUT2D eigenvalue weighted by atomic mass is 9.62. The Morgan fingerprint density at radius 3 is 2.69 bits per heavy atom. The number of fused-ring (bicyclic) bond motifs is 2. The second-order valence-corrected chi connectivity index (χ2v) is 4.23. The molecule has 1 nitrogen and oxygen atoms in total. The summed E-state index contributed by atoms with van der Waals surface area (Å²) < 4.78 is 5.65. The summed E-state index contributed by atoms with van der Waals surface area (Å²) in [5.41, 5.74) is 1.97. The van der Waals surface area contributed by atoms with E-state index in [1.807, 2.05) is 0 Å². The van der Waals surface area contributed by atoms with Crippen LogP contribution in [0, 0.1) is 0 Å². The first-order chi connectivity index (χ1) is 6.41. The molecule has 0 atom stereocenters. The lowest BCUT2D eigenvalue weighted by molar-refractivity contribution is 0.143. The second-order valence-electron chi connectivity index (χ2n) is 4.23. The molecule has 1 aromatic carbocycles. The maximum absolute atomic E-state index is 5.65. The van der Waals surface area contributed by atoms with E-state index in [2.05, 4.69) is 24.3 Å². The number of ether oxygens (including phenoxy) is 1. The molecule has 0 bridgehead atoms. The molecule has 1 fully saturated rings. The monoisotopic (exact) mass is 174 g/mol. The molecule has 0 saturated heterocycles. The van der Waals surface area contributed by atoms with E-state index >= 15 is 0 Å². The Kier molecular flexibility index (Phi) is 1.43. The third-order valence-corrected chi connectivity index (χ3v) is 3.61. The van der Waals surface area contributed by atoms with Gasteiger partial charge in [0.2, 0.25) is 0 Å². The summed E-state index contributed by atoms with van der Waals surface area (Å²) in [5, 5.41) is 0. The molecular formula is C12H14O. The van der Waals surface area contributed by atoms with Gasteiger partial charge in [-0.2, -0.15) is 0 Å². The SMILES string of the molecule is c1ccc2c(c1)OCCC21CCC1. The second kappa shape index (κ2) is 2.50. The molecule has 1 heteroatoms. The average Bonchev–Trinajstić information content (AvgIpc) is 2.14. The standard InChI is InChI=1S/C12H14O/c1-2-5-11-10(4-1)12(6-3-7-12)8-9-13-11/h1-2,4-5H,3,6-9H2. The van der Waals surface area contributed by atoms with Crippen molar-refractivity contribution in [2.45, 2.75) is 31.1 Å². The van der Waals surface area contributed by atoms with Crippen LogP contribution in [0.3, 0.4) is 0 Å². The fourth-order valence-corrected chi connectivity index (χ4v) is 2.64. The molecule has 0 unspecified atom stereocenters. The van der Waals surface area contributed by atoms with E-state index in [4.69, 9.17) is 4.74 Å². The molecule has 3 rings (SSSR count). The van der Waals surface area contributed by atoms with Crippen LogP contribution in [-0.2, 0) is 5.41 Å². The van der Waals surface area contributed by atoms with Gasteiger partial charge < -0.3 is 4.74 Å². The van der Waals surface area contributed by atoms with Gasteiger partial charge in [0.15, 0.2) is 0 Å². The van der Waals surface area contributed by atoms with Crippen LogP contribution < -0.4 is 4.74 Å². The van der Waals surface area contributed by atoms with Crippen molar-refractivity contribution in [3.05, 3.63) is 29.8 Å². The van der Waals surface area contributed by atoms with E-state index in [0.29, 0.717) is 5.41 Å². The van der Waals surface area contributed by atoms with E-state index in [1.54, 1.807) is 0 Å². The van der Waals surface area contributed by atoms with Gasteiger partial charge in [-0.15, -0.1) is 0 Å². The van der Waals surface area contributed by atoms with Crippen molar-refractivity contribution in [2.24, 2.45) is 0 Å². The van der Waals surface area contributed by atoms with Gasteiger partial charge in [0.25, 0.3) is 0 Å². The molecule has 68 valence electrons. The van der Waals surface area contributed by atoms with Crippen LogP contribution in [0.2, 0.25) is 0 Å². The van der Waals surface area contributed by atoms with Crippen molar-refractivity contribution >= 4 is 0 Å². The van der Waals surface area contributed by atoms with Crippen LogP contribution >= 0.6 is 0 Å². The quantitative estimate of drug-likeness (QED) is 0.587. The minimum Gasteiger partial charge on any atom is -0.493 e. The fraction of sp³-hybridized carbons (Fsp3) is 0.500. The Hall–Kier alpha value is -0.980. The van der Waals surface area contributed by atoms with Crippen molar-refractivity contribution in [2.75, 3.05) is 6.61 Å². The van der Waals surface area contributed by atoms with Gasteiger partial charge in [-0.1, -0.05) is 24.6 Å². The van der Waals surface area contributed by atoms with E-state index in [1.165, 1.54) is 31.2 Å². The molecule has 1 heterocycles. The molecule has 2 aliphatic rings. The minimum absolute atomic E-state index is 0.509. The van der Waals surface area contributed by atoms with E-state index in [0.717, 1.165) is 12.4 Å². The summed E-state index contributed by atoms with van der Waals surface area (Å²) in [6.45, 7) is 0.914. The highest BCUT2D eigenvalue weighted by molar-refractivity contribution is 5.42. The maximum atomic E-state index is 5.65. The summed E-state index contributed by atoms with van der Waals surface area (Å²) >= 11 is 0. The molecule has 0 aromatic heterocycles. The Morgan fingerprint density at radius 2 is 1.92 bits per heavy atom. The molecule has 0 N–H and O–H groups in total. The number of hydrogen-bond donors (Lipinski definition) is 0. The van der Waals surface area contributed by atoms with Crippen molar-refractivity contribution in [1.29, 1.82) is 0 Å². The van der Waals surface area contributed by atoms with Gasteiger partial charge in [-0.05, 0) is 25.3 Å². The van der Waals surface area contributed by atoms with Crippen molar-refractivity contribution in [3.63, 3.8) is 0 Å². The molecule has 1 aromatic rings. The third-order valence-electron chi connectivity index (χ3n) is 3.61. The number of rotatable bonds is 0. The van der Waals surface area contributed by atoms with Gasteiger partial charge in [0.05, 0.1) is 6.61 Å². The summed E-state index contributed by atoms with van der Waals surface area (Å²) in [6, 6.07) is 8.55. The smallest absolute Gasteiger partial charge is 0.123 e. The Morgan fingerprint density at radius 1 is 1.08 bits per heavy atom. The zero-order valence-electron chi connectivity index (χ0n) is 7.75. The van der Waals surface area contributed by atoms with E-state index in [9.17, 15) is 0 Å². The molecule has 1 saturated carbocycles. The maximum Gasteiger partial charge on any atom is 0.123 e. The topological polar surface area (TPSA) is 9.23 Å². The summed E-state index contributed by atoms with van der Waals surface area (Å²) in [4.78, 5) is 0. The summed E-state index contributed by atoms with van der Waals surface area (Å²) in [5.74, 6) is 1.13. The number of benzene rings is 1. The van der Waals surface area contributed by atoms with Crippen LogP contribution in [0.25, 0.3) is 0 Å². The highest BCUT2D eigenvalue weighted by Crippen LogP contribution is 2.51. The largest absolute Gasteiger partial charge is 0.493 e. The first kappa shape index (κ1) is 7.43.